The summed E-state index contributed by atoms with van der Waals surface area (Å²) in [6.07, 6.45) is 4.49. The second-order valence-corrected chi connectivity index (χ2v) is 7.53. The topological polar surface area (TPSA) is 61.2 Å². The predicted molar refractivity (Wildman–Crippen MR) is 118 cm³/mol. The van der Waals surface area contributed by atoms with Crippen molar-refractivity contribution < 1.29 is 4.74 Å². The molecule has 152 valence electrons. The predicted octanol–water partition coefficient (Wildman–Crippen LogP) is 4.42. The molecule has 0 aliphatic carbocycles. The van der Waals surface area contributed by atoms with Crippen molar-refractivity contribution in [2.24, 2.45) is 0 Å². The van der Waals surface area contributed by atoms with Crippen LogP contribution in [0.3, 0.4) is 0 Å². The number of aromatic nitrogens is 1. The molecule has 0 unspecified atom stereocenters. The lowest BCUT2D eigenvalue weighted by molar-refractivity contribution is 0.305. The molecular formula is C25H26N4O. The van der Waals surface area contributed by atoms with Crippen LogP contribution in [0.1, 0.15) is 35.1 Å². The fourth-order valence-electron chi connectivity index (χ4n) is 3.67. The van der Waals surface area contributed by atoms with Crippen molar-refractivity contribution in [3.63, 3.8) is 0 Å². The lowest BCUT2D eigenvalue weighted by Gasteiger charge is -2.16. The Balaban J connectivity index is 1.27. The Morgan fingerprint density at radius 2 is 1.80 bits per heavy atom. The molecule has 1 saturated heterocycles. The second kappa shape index (κ2) is 9.91. The fraction of sp³-hybridized carbons (Fsp3) is 0.280. The Morgan fingerprint density at radius 1 is 0.967 bits per heavy atom. The number of benzene rings is 2. The monoisotopic (exact) mass is 398 g/mol. The number of hydrogen-bond donors (Lipinski definition) is 1. The molecule has 0 bridgehead atoms. The molecule has 5 heteroatoms. The maximum atomic E-state index is 9.20. The van der Waals surface area contributed by atoms with Gasteiger partial charge in [-0.15, -0.1) is 0 Å². The number of nitrogens with zero attached hydrogens (tertiary/aromatic N) is 3. The van der Waals surface area contributed by atoms with Gasteiger partial charge in [0.1, 0.15) is 18.2 Å². The first-order chi connectivity index (χ1) is 14.8. The molecule has 2 heterocycles. The summed E-state index contributed by atoms with van der Waals surface area (Å²) < 4.78 is 5.91. The lowest BCUT2D eigenvalue weighted by Crippen LogP contribution is -2.19. The van der Waals surface area contributed by atoms with E-state index in [4.69, 9.17) is 4.74 Å². The molecule has 0 atom stereocenters. The van der Waals surface area contributed by atoms with Crippen LogP contribution < -0.4 is 15.0 Å². The van der Waals surface area contributed by atoms with Crippen LogP contribution in [-0.4, -0.2) is 18.1 Å². The highest BCUT2D eigenvalue weighted by atomic mass is 16.5. The zero-order valence-electron chi connectivity index (χ0n) is 17.1. The zero-order valence-corrected chi connectivity index (χ0v) is 17.1. The highest BCUT2D eigenvalue weighted by Crippen LogP contribution is 2.18. The minimum atomic E-state index is 0.385. The van der Waals surface area contributed by atoms with E-state index >= 15 is 0 Å². The third-order valence-electron chi connectivity index (χ3n) is 5.33. The summed E-state index contributed by atoms with van der Waals surface area (Å²) in [5.41, 5.74) is 3.88. The van der Waals surface area contributed by atoms with Crippen molar-refractivity contribution in [1.29, 1.82) is 5.26 Å². The van der Waals surface area contributed by atoms with Crippen LogP contribution in [0.25, 0.3) is 0 Å². The summed E-state index contributed by atoms with van der Waals surface area (Å²) in [7, 11) is 0. The normalized spacial score (nSPS) is 13.2. The van der Waals surface area contributed by atoms with Gasteiger partial charge in [0.15, 0.2) is 0 Å². The van der Waals surface area contributed by atoms with Crippen molar-refractivity contribution in [2.75, 3.05) is 18.0 Å². The number of rotatable bonds is 8. The molecule has 0 saturated carbocycles. The molecule has 4 rings (SSSR count). The summed E-state index contributed by atoms with van der Waals surface area (Å²) in [5.74, 6) is 1.89. The van der Waals surface area contributed by atoms with Crippen molar-refractivity contribution in [1.82, 2.24) is 10.3 Å². The Labute approximate surface area is 177 Å². The van der Waals surface area contributed by atoms with E-state index in [1.165, 1.54) is 18.4 Å². The van der Waals surface area contributed by atoms with E-state index in [1.807, 2.05) is 48.7 Å². The molecule has 1 aliphatic rings. The Hall–Kier alpha value is -3.36. The quantitative estimate of drug-likeness (QED) is 0.609. The Kier molecular flexibility index (Phi) is 6.58. The smallest absolute Gasteiger partial charge is 0.128 e. The van der Waals surface area contributed by atoms with E-state index in [2.05, 4.69) is 39.5 Å². The largest absolute Gasteiger partial charge is 0.489 e. The maximum Gasteiger partial charge on any atom is 0.128 e. The highest BCUT2D eigenvalue weighted by Gasteiger charge is 2.12. The number of ether oxygens (including phenoxy) is 1. The van der Waals surface area contributed by atoms with Crippen LogP contribution in [0.4, 0.5) is 5.82 Å². The van der Waals surface area contributed by atoms with E-state index in [-0.39, 0.29) is 0 Å². The molecule has 2 aromatic carbocycles. The molecule has 1 N–H and O–H groups in total. The molecule has 1 fully saturated rings. The van der Waals surface area contributed by atoms with Crippen LogP contribution in [-0.2, 0) is 19.7 Å². The minimum Gasteiger partial charge on any atom is -0.489 e. The van der Waals surface area contributed by atoms with Crippen LogP contribution in [0.15, 0.2) is 66.9 Å². The third kappa shape index (κ3) is 5.16. The summed E-state index contributed by atoms with van der Waals surface area (Å²) in [4.78, 5) is 6.96. The van der Waals surface area contributed by atoms with Crippen LogP contribution >= 0.6 is 0 Å². The number of nitrogens with one attached hydrogen (secondary N) is 1. The molecule has 0 spiro atoms. The van der Waals surface area contributed by atoms with Crippen molar-refractivity contribution >= 4 is 5.82 Å². The van der Waals surface area contributed by atoms with Gasteiger partial charge in [0, 0.05) is 37.9 Å². The first-order valence-electron chi connectivity index (χ1n) is 10.4. The van der Waals surface area contributed by atoms with Gasteiger partial charge in [-0.1, -0.05) is 36.4 Å². The summed E-state index contributed by atoms with van der Waals surface area (Å²) >= 11 is 0. The molecule has 1 aliphatic heterocycles. The van der Waals surface area contributed by atoms with Crippen LogP contribution in [0.5, 0.6) is 5.75 Å². The first-order valence-corrected chi connectivity index (χ1v) is 10.4. The van der Waals surface area contributed by atoms with E-state index < -0.39 is 0 Å². The maximum absolute atomic E-state index is 9.20. The molecule has 5 nitrogen and oxygen atoms in total. The van der Waals surface area contributed by atoms with Gasteiger partial charge >= 0.3 is 0 Å². The fourth-order valence-corrected chi connectivity index (χ4v) is 3.67. The van der Waals surface area contributed by atoms with Gasteiger partial charge in [-0.25, -0.2) is 4.98 Å². The third-order valence-corrected chi connectivity index (χ3v) is 5.33. The van der Waals surface area contributed by atoms with Gasteiger partial charge < -0.3 is 15.0 Å². The summed E-state index contributed by atoms with van der Waals surface area (Å²) in [5, 5.41) is 12.7. The molecular weight excluding hydrogens is 372 g/mol. The van der Waals surface area contributed by atoms with E-state index in [1.54, 1.807) is 0 Å². The molecule has 30 heavy (non-hydrogen) atoms. The molecule has 0 amide bonds. The highest BCUT2D eigenvalue weighted by molar-refractivity contribution is 5.40. The minimum absolute atomic E-state index is 0.385. The van der Waals surface area contributed by atoms with Crippen LogP contribution in [0, 0.1) is 11.3 Å². The zero-order chi connectivity index (χ0) is 20.6. The number of nitriles is 1. The van der Waals surface area contributed by atoms with E-state index in [9.17, 15) is 5.26 Å². The van der Waals surface area contributed by atoms with Gasteiger partial charge in [-0.3, -0.25) is 0 Å². The van der Waals surface area contributed by atoms with E-state index in [0.717, 1.165) is 48.9 Å². The summed E-state index contributed by atoms with van der Waals surface area (Å²) in [6, 6.07) is 22.1. The van der Waals surface area contributed by atoms with Gasteiger partial charge in [0.2, 0.25) is 0 Å². The van der Waals surface area contributed by atoms with Gasteiger partial charge in [-0.2, -0.15) is 5.26 Å². The van der Waals surface area contributed by atoms with Gasteiger partial charge in [0.25, 0.3) is 0 Å². The second-order valence-electron chi connectivity index (χ2n) is 7.53. The van der Waals surface area contributed by atoms with E-state index in [0.29, 0.717) is 12.2 Å². The number of anilines is 1. The number of pyridine rings is 1. The van der Waals surface area contributed by atoms with Gasteiger partial charge in [-0.05, 0) is 48.2 Å². The average Bonchev–Trinajstić information content (AvgIpc) is 3.34. The number of hydrogen-bond acceptors (Lipinski definition) is 5. The molecule has 1 aromatic heterocycles. The van der Waals surface area contributed by atoms with Crippen molar-refractivity contribution in [3.8, 4) is 11.8 Å². The molecule has 0 radical (unpaired) electrons. The summed E-state index contributed by atoms with van der Waals surface area (Å²) in [6.45, 7) is 4.14. The van der Waals surface area contributed by atoms with Crippen molar-refractivity contribution in [3.05, 3.63) is 89.1 Å². The van der Waals surface area contributed by atoms with Crippen LogP contribution in [0.2, 0.25) is 0 Å². The molecule has 3 aromatic rings. The average molecular weight is 399 g/mol. The standard InChI is InChI=1S/C25H26N4O/c26-15-22-7-1-2-8-23(22)19-30-24-9-5-6-20(14-24)16-27-17-21-10-11-25(28-18-21)29-12-3-4-13-29/h1-2,5-11,14,18,27H,3-4,12-13,16-17,19H2. The lowest BCUT2D eigenvalue weighted by atomic mass is 10.1. The first kappa shape index (κ1) is 19.9. The van der Waals surface area contributed by atoms with Gasteiger partial charge in [0.05, 0.1) is 11.6 Å². The Morgan fingerprint density at radius 3 is 2.60 bits per heavy atom. The SMILES string of the molecule is N#Cc1ccccc1COc1cccc(CNCc2ccc(N3CCCC3)nc2)c1. The van der Waals surface area contributed by atoms with Crippen molar-refractivity contribution in [2.45, 2.75) is 32.5 Å². The Bertz CT molecular complexity index is 1000.